The predicted molar refractivity (Wildman–Crippen MR) is 71.2 cm³/mol. The number of carboxylic acids is 1. The number of hydrogen-bond donors (Lipinski definition) is 1. The molecule has 1 aliphatic heterocycles. The maximum atomic E-state index is 11.8. The third-order valence-corrected chi connectivity index (χ3v) is 4.24. The number of fused-ring (bicyclic) bond motifs is 1. The van der Waals surface area contributed by atoms with E-state index < -0.39 is 11.9 Å². The van der Waals surface area contributed by atoms with E-state index in [1.54, 1.807) is 11.8 Å². The molecule has 2 rings (SSSR count). The minimum Gasteiger partial charge on any atom is -0.474 e. The largest absolute Gasteiger partial charge is 0.474 e. The number of aryl methyl sites for hydroxylation is 2. The summed E-state index contributed by atoms with van der Waals surface area (Å²) in [6, 6.07) is 3.87. The van der Waals surface area contributed by atoms with E-state index >= 15 is 0 Å². The summed E-state index contributed by atoms with van der Waals surface area (Å²) in [6.45, 7) is 5.78. The Hall–Kier alpha value is -1.49. The van der Waals surface area contributed by atoms with E-state index in [1.165, 1.54) is 4.90 Å². The number of rotatable bonds is 0. The molecule has 1 aliphatic rings. The Bertz CT molecular complexity index is 527. The average Bonchev–Trinajstić information content (AvgIpc) is 2.28. The number of hydrogen-bond acceptors (Lipinski definition) is 3. The van der Waals surface area contributed by atoms with Crippen molar-refractivity contribution in [1.29, 1.82) is 0 Å². The summed E-state index contributed by atoms with van der Waals surface area (Å²) < 4.78 is 0. The molecule has 4 nitrogen and oxygen atoms in total. The van der Waals surface area contributed by atoms with Gasteiger partial charge in [0.1, 0.15) is 0 Å². The van der Waals surface area contributed by atoms with Gasteiger partial charge in [0.2, 0.25) is 0 Å². The Morgan fingerprint density at radius 3 is 2.67 bits per heavy atom. The van der Waals surface area contributed by atoms with Gasteiger partial charge in [-0.1, -0.05) is 6.07 Å². The van der Waals surface area contributed by atoms with Gasteiger partial charge in [0.25, 0.3) is 0 Å². The van der Waals surface area contributed by atoms with Crippen LogP contribution in [-0.4, -0.2) is 28.8 Å². The van der Waals surface area contributed by atoms with Gasteiger partial charge in [-0.2, -0.15) is 0 Å². The zero-order chi connectivity index (χ0) is 13.4. The standard InChI is InChI=1S/C13H15NO3S/c1-7-4-8(2)11-10(5-7)18-6-9(3)14(11)12(15)13(16)17/h4-5,9H,6H2,1-3H3,(H,16,17). The van der Waals surface area contributed by atoms with Gasteiger partial charge in [-0.05, 0) is 38.0 Å². The maximum Gasteiger partial charge on any atom is 0.394 e. The van der Waals surface area contributed by atoms with Crippen LogP contribution < -0.4 is 4.90 Å². The fraction of sp³-hybridized carbons (Fsp3) is 0.385. The lowest BCUT2D eigenvalue weighted by Crippen LogP contribution is -2.46. The topological polar surface area (TPSA) is 57.6 Å². The Balaban J connectivity index is 2.57. The summed E-state index contributed by atoms with van der Waals surface area (Å²) in [5.74, 6) is -1.54. The van der Waals surface area contributed by atoms with Gasteiger partial charge in [0.15, 0.2) is 0 Å². The Morgan fingerprint density at radius 2 is 2.06 bits per heavy atom. The van der Waals surface area contributed by atoms with Crippen molar-refractivity contribution < 1.29 is 14.7 Å². The molecule has 0 bridgehead atoms. The highest BCUT2D eigenvalue weighted by atomic mass is 32.2. The van der Waals surface area contributed by atoms with Crippen LogP contribution in [0.4, 0.5) is 5.69 Å². The zero-order valence-electron chi connectivity index (χ0n) is 10.6. The number of anilines is 1. The predicted octanol–water partition coefficient (Wildman–Crippen LogP) is 2.22. The molecule has 0 aliphatic carbocycles. The van der Waals surface area contributed by atoms with Crippen molar-refractivity contribution >= 4 is 29.3 Å². The Labute approximate surface area is 110 Å². The van der Waals surface area contributed by atoms with Crippen LogP contribution in [0.3, 0.4) is 0 Å². The maximum absolute atomic E-state index is 11.8. The third-order valence-electron chi connectivity index (χ3n) is 2.97. The van der Waals surface area contributed by atoms with E-state index in [1.807, 2.05) is 32.9 Å². The molecule has 0 saturated carbocycles. The molecule has 1 aromatic rings. The van der Waals surface area contributed by atoms with Crippen molar-refractivity contribution in [2.24, 2.45) is 0 Å². The van der Waals surface area contributed by atoms with Crippen molar-refractivity contribution in [3.8, 4) is 0 Å². The van der Waals surface area contributed by atoms with Gasteiger partial charge >= 0.3 is 11.9 Å². The first kappa shape index (κ1) is 13.0. The second kappa shape index (κ2) is 4.65. The summed E-state index contributed by atoms with van der Waals surface area (Å²) in [7, 11) is 0. The van der Waals surface area contributed by atoms with Gasteiger partial charge in [-0.3, -0.25) is 9.69 Å². The lowest BCUT2D eigenvalue weighted by Gasteiger charge is -2.35. The highest BCUT2D eigenvalue weighted by molar-refractivity contribution is 7.99. The van der Waals surface area contributed by atoms with Crippen LogP contribution in [0.5, 0.6) is 0 Å². The minimum absolute atomic E-state index is 0.104. The molecular weight excluding hydrogens is 250 g/mol. The van der Waals surface area contributed by atoms with E-state index in [0.717, 1.165) is 27.5 Å². The molecule has 1 amide bonds. The number of benzene rings is 1. The molecule has 0 saturated heterocycles. The molecular formula is C13H15NO3S. The Morgan fingerprint density at radius 1 is 1.39 bits per heavy atom. The summed E-state index contributed by atoms with van der Waals surface area (Å²) in [4.78, 5) is 25.2. The van der Waals surface area contributed by atoms with Crippen LogP contribution in [0.1, 0.15) is 18.1 Å². The van der Waals surface area contributed by atoms with Gasteiger partial charge in [-0.15, -0.1) is 11.8 Å². The fourth-order valence-corrected chi connectivity index (χ4v) is 3.48. The van der Waals surface area contributed by atoms with Gasteiger partial charge in [0.05, 0.1) is 5.69 Å². The molecule has 0 fully saturated rings. The van der Waals surface area contributed by atoms with Crippen LogP contribution >= 0.6 is 11.8 Å². The van der Waals surface area contributed by atoms with Crippen molar-refractivity contribution in [3.63, 3.8) is 0 Å². The molecule has 1 atom stereocenters. The molecule has 0 radical (unpaired) electrons. The monoisotopic (exact) mass is 265 g/mol. The van der Waals surface area contributed by atoms with Gasteiger partial charge < -0.3 is 5.11 Å². The summed E-state index contributed by atoms with van der Waals surface area (Å²) >= 11 is 1.67. The molecule has 1 N–H and O–H groups in total. The molecule has 1 heterocycles. The molecule has 96 valence electrons. The zero-order valence-corrected chi connectivity index (χ0v) is 11.4. The lowest BCUT2D eigenvalue weighted by atomic mass is 10.1. The number of aliphatic carboxylic acids is 1. The normalized spacial score (nSPS) is 18.4. The first-order valence-electron chi connectivity index (χ1n) is 5.72. The first-order chi connectivity index (χ1) is 8.41. The van der Waals surface area contributed by atoms with Crippen LogP contribution in [0.25, 0.3) is 0 Å². The van der Waals surface area contributed by atoms with Gasteiger partial charge in [-0.25, -0.2) is 4.79 Å². The summed E-state index contributed by atoms with van der Waals surface area (Å²) in [5, 5.41) is 8.93. The highest BCUT2D eigenvalue weighted by Crippen LogP contribution is 2.40. The smallest absolute Gasteiger partial charge is 0.394 e. The van der Waals surface area contributed by atoms with Crippen LogP contribution in [-0.2, 0) is 9.59 Å². The van der Waals surface area contributed by atoms with Crippen molar-refractivity contribution in [3.05, 3.63) is 23.3 Å². The lowest BCUT2D eigenvalue weighted by molar-refractivity contribution is -0.149. The van der Waals surface area contributed by atoms with Crippen LogP contribution in [0.15, 0.2) is 17.0 Å². The quantitative estimate of drug-likeness (QED) is 0.731. The second-order valence-corrected chi connectivity index (χ2v) is 5.63. The van der Waals surface area contributed by atoms with E-state index in [0.29, 0.717) is 0 Å². The second-order valence-electron chi connectivity index (χ2n) is 4.57. The number of carbonyl (C=O) groups excluding carboxylic acids is 1. The van der Waals surface area contributed by atoms with E-state index in [-0.39, 0.29) is 6.04 Å². The molecule has 1 unspecified atom stereocenters. The van der Waals surface area contributed by atoms with E-state index in [2.05, 4.69) is 0 Å². The minimum atomic E-state index is -1.40. The SMILES string of the molecule is Cc1cc(C)c2c(c1)SCC(C)N2C(=O)C(=O)O. The van der Waals surface area contributed by atoms with E-state index in [9.17, 15) is 9.59 Å². The molecule has 0 aromatic heterocycles. The summed E-state index contributed by atoms with van der Waals surface area (Å²) in [5.41, 5.74) is 2.81. The van der Waals surface area contributed by atoms with E-state index in [4.69, 9.17) is 5.11 Å². The van der Waals surface area contributed by atoms with Crippen LogP contribution in [0, 0.1) is 13.8 Å². The van der Waals surface area contributed by atoms with Crippen LogP contribution in [0.2, 0.25) is 0 Å². The van der Waals surface area contributed by atoms with Gasteiger partial charge in [0, 0.05) is 16.7 Å². The number of thioether (sulfide) groups is 1. The Kier molecular flexibility index (Phi) is 3.34. The first-order valence-corrected chi connectivity index (χ1v) is 6.71. The highest BCUT2D eigenvalue weighted by Gasteiger charge is 2.33. The number of carbonyl (C=O) groups is 2. The number of nitrogens with zero attached hydrogens (tertiary/aromatic N) is 1. The summed E-state index contributed by atoms with van der Waals surface area (Å²) in [6.07, 6.45) is 0. The third kappa shape index (κ3) is 2.10. The van der Waals surface area contributed by atoms with Crippen molar-refractivity contribution in [2.75, 3.05) is 10.7 Å². The number of amides is 1. The average molecular weight is 265 g/mol. The van der Waals surface area contributed by atoms with Crippen molar-refractivity contribution in [1.82, 2.24) is 0 Å². The number of carboxylic acid groups (broad SMARTS) is 1. The van der Waals surface area contributed by atoms with Crippen molar-refractivity contribution in [2.45, 2.75) is 31.7 Å². The fourth-order valence-electron chi connectivity index (χ4n) is 2.25. The molecule has 5 heteroatoms. The molecule has 18 heavy (non-hydrogen) atoms. The molecule has 1 aromatic carbocycles. The molecule has 0 spiro atoms.